The summed E-state index contributed by atoms with van der Waals surface area (Å²) in [6, 6.07) is 20.3. The van der Waals surface area contributed by atoms with E-state index in [4.69, 9.17) is 16.3 Å². The predicted molar refractivity (Wildman–Crippen MR) is 130 cm³/mol. The highest BCUT2D eigenvalue weighted by Crippen LogP contribution is 2.37. The van der Waals surface area contributed by atoms with Crippen LogP contribution in [0.25, 0.3) is 6.08 Å². The second kappa shape index (κ2) is 9.30. The average molecular weight is 515 g/mol. The highest BCUT2D eigenvalue weighted by Gasteiger charge is 2.36. The molecule has 1 aliphatic heterocycles. The van der Waals surface area contributed by atoms with Gasteiger partial charge in [0.1, 0.15) is 12.4 Å². The summed E-state index contributed by atoms with van der Waals surface area (Å²) in [5.74, 6) is 0.347. The van der Waals surface area contributed by atoms with E-state index in [1.807, 2.05) is 49.4 Å². The lowest BCUT2D eigenvalue weighted by Gasteiger charge is -2.12. The molecule has 1 aliphatic rings. The molecular weight excluding hydrogens is 498 g/mol. The molecule has 2 amide bonds. The molecule has 0 atom stereocenters. The highest BCUT2D eigenvalue weighted by atomic mass is 79.9. The Morgan fingerprint density at radius 3 is 2.42 bits per heavy atom. The summed E-state index contributed by atoms with van der Waals surface area (Å²) < 4.78 is 6.67. The molecule has 3 aromatic carbocycles. The van der Waals surface area contributed by atoms with Crippen LogP contribution in [0.4, 0.5) is 10.5 Å². The minimum absolute atomic E-state index is 0.337. The molecule has 0 bridgehead atoms. The van der Waals surface area contributed by atoms with Gasteiger partial charge in [-0.25, -0.2) is 4.90 Å². The van der Waals surface area contributed by atoms with Crippen LogP contribution in [0.5, 0.6) is 5.75 Å². The van der Waals surface area contributed by atoms with E-state index in [9.17, 15) is 9.59 Å². The van der Waals surface area contributed by atoms with Crippen LogP contribution in [-0.2, 0) is 11.4 Å². The second-order valence-electron chi connectivity index (χ2n) is 6.96. The number of halogens is 2. The number of hydrogen-bond donors (Lipinski definition) is 0. The third-order valence-corrected chi connectivity index (χ3v) is 6.39. The van der Waals surface area contributed by atoms with Gasteiger partial charge in [0.2, 0.25) is 0 Å². The molecule has 1 fully saturated rings. The molecule has 156 valence electrons. The zero-order valence-electron chi connectivity index (χ0n) is 16.5. The molecule has 0 spiro atoms. The summed E-state index contributed by atoms with van der Waals surface area (Å²) in [5.41, 5.74) is 3.57. The number of ether oxygens (including phenoxy) is 1. The third kappa shape index (κ3) is 5.03. The lowest BCUT2D eigenvalue weighted by Crippen LogP contribution is -2.27. The summed E-state index contributed by atoms with van der Waals surface area (Å²) in [6.45, 7) is 2.50. The van der Waals surface area contributed by atoms with Crippen LogP contribution in [0.15, 0.2) is 76.1 Å². The van der Waals surface area contributed by atoms with Gasteiger partial charge in [0, 0.05) is 5.02 Å². The monoisotopic (exact) mass is 513 g/mol. The van der Waals surface area contributed by atoms with E-state index >= 15 is 0 Å². The zero-order valence-corrected chi connectivity index (χ0v) is 19.6. The molecule has 0 N–H and O–H groups in total. The minimum atomic E-state index is -0.354. The SMILES string of the molecule is Cc1ccc(COc2ccc(/C=C3/SC(=O)N(c4ccc(Cl)cc4)C3=O)cc2Br)cc1. The fraction of sp³-hybridized carbons (Fsp3) is 0.0833. The number of nitrogens with zero attached hydrogens (tertiary/aromatic N) is 1. The Hall–Kier alpha value is -2.54. The van der Waals surface area contributed by atoms with Gasteiger partial charge >= 0.3 is 0 Å². The van der Waals surface area contributed by atoms with Crippen molar-refractivity contribution in [2.75, 3.05) is 4.90 Å². The molecule has 0 saturated carbocycles. The van der Waals surface area contributed by atoms with Crippen LogP contribution >= 0.6 is 39.3 Å². The largest absolute Gasteiger partial charge is 0.488 e. The summed E-state index contributed by atoms with van der Waals surface area (Å²) >= 11 is 10.3. The summed E-state index contributed by atoms with van der Waals surface area (Å²) in [7, 11) is 0. The van der Waals surface area contributed by atoms with Crippen LogP contribution < -0.4 is 9.64 Å². The zero-order chi connectivity index (χ0) is 22.0. The van der Waals surface area contributed by atoms with Crippen LogP contribution in [0, 0.1) is 6.92 Å². The predicted octanol–water partition coefficient (Wildman–Crippen LogP) is 7.23. The topological polar surface area (TPSA) is 46.6 Å². The molecule has 1 heterocycles. The maximum absolute atomic E-state index is 12.8. The van der Waals surface area contributed by atoms with Gasteiger partial charge in [-0.2, -0.15) is 0 Å². The lowest BCUT2D eigenvalue weighted by atomic mass is 10.1. The maximum atomic E-state index is 12.8. The molecule has 4 rings (SSSR count). The summed E-state index contributed by atoms with van der Waals surface area (Å²) in [6.07, 6.45) is 1.70. The van der Waals surface area contributed by atoms with Crippen molar-refractivity contribution in [3.8, 4) is 5.75 Å². The van der Waals surface area contributed by atoms with Crippen molar-refractivity contribution in [3.63, 3.8) is 0 Å². The van der Waals surface area contributed by atoms with Gasteiger partial charge in [-0.3, -0.25) is 9.59 Å². The van der Waals surface area contributed by atoms with Crippen molar-refractivity contribution in [1.29, 1.82) is 0 Å². The Morgan fingerprint density at radius 2 is 1.74 bits per heavy atom. The maximum Gasteiger partial charge on any atom is 0.298 e. The Bertz CT molecular complexity index is 1180. The van der Waals surface area contributed by atoms with Crippen molar-refractivity contribution < 1.29 is 14.3 Å². The second-order valence-corrected chi connectivity index (χ2v) is 9.24. The number of amides is 2. The van der Waals surface area contributed by atoms with Crippen LogP contribution in [0.2, 0.25) is 5.02 Å². The van der Waals surface area contributed by atoms with Crippen molar-refractivity contribution in [2.24, 2.45) is 0 Å². The minimum Gasteiger partial charge on any atom is -0.488 e. The van der Waals surface area contributed by atoms with Crippen molar-refractivity contribution >= 4 is 62.2 Å². The molecule has 0 unspecified atom stereocenters. The number of carbonyl (C=O) groups excluding carboxylic acids is 2. The number of carbonyl (C=O) groups is 2. The van der Waals surface area contributed by atoms with Gasteiger partial charge in [-0.15, -0.1) is 0 Å². The van der Waals surface area contributed by atoms with E-state index in [-0.39, 0.29) is 11.1 Å². The van der Waals surface area contributed by atoms with Crippen molar-refractivity contribution in [2.45, 2.75) is 13.5 Å². The summed E-state index contributed by atoms with van der Waals surface area (Å²) in [5, 5.41) is 0.205. The first-order chi connectivity index (χ1) is 14.9. The van der Waals surface area contributed by atoms with Gasteiger partial charge < -0.3 is 4.74 Å². The molecule has 0 aliphatic carbocycles. The van der Waals surface area contributed by atoms with E-state index in [0.717, 1.165) is 32.3 Å². The van der Waals surface area contributed by atoms with E-state index in [1.165, 1.54) is 5.56 Å². The molecule has 3 aromatic rings. The average Bonchev–Trinajstić information content (AvgIpc) is 3.02. The molecule has 1 saturated heterocycles. The fourth-order valence-corrected chi connectivity index (χ4v) is 4.48. The number of imide groups is 1. The number of anilines is 1. The first-order valence-electron chi connectivity index (χ1n) is 9.42. The van der Waals surface area contributed by atoms with Gasteiger partial charge in [-0.05, 0) is 88.2 Å². The van der Waals surface area contributed by atoms with Gasteiger partial charge in [-0.1, -0.05) is 47.5 Å². The molecule has 31 heavy (non-hydrogen) atoms. The van der Waals surface area contributed by atoms with E-state index in [0.29, 0.717) is 28.0 Å². The highest BCUT2D eigenvalue weighted by molar-refractivity contribution is 9.10. The standard InChI is InChI=1S/C24H17BrClNO3S/c1-15-2-4-16(5-3-15)14-30-21-11-6-17(12-20(21)25)13-22-23(28)27(24(29)31-22)19-9-7-18(26)8-10-19/h2-13H,14H2,1H3/b22-13+. The molecular formula is C24H17BrClNO3S. The summed E-state index contributed by atoms with van der Waals surface area (Å²) in [4.78, 5) is 26.7. The van der Waals surface area contributed by atoms with E-state index in [1.54, 1.807) is 30.3 Å². The number of thioether (sulfide) groups is 1. The Kier molecular flexibility index (Phi) is 6.51. The Morgan fingerprint density at radius 1 is 1.03 bits per heavy atom. The molecule has 4 nitrogen and oxygen atoms in total. The van der Waals surface area contributed by atoms with Gasteiger partial charge in [0.25, 0.3) is 11.1 Å². The molecule has 7 heteroatoms. The Balaban J connectivity index is 1.49. The number of hydrogen-bond acceptors (Lipinski definition) is 4. The normalized spacial score (nSPS) is 15.1. The van der Waals surface area contributed by atoms with E-state index in [2.05, 4.69) is 15.9 Å². The first-order valence-corrected chi connectivity index (χ1v) is 11.4. The number of benzene rings is 3. The first kappa shape index (κ1) is 21.7. The van der Waals surface area contributed by atoms with E-state index < -0.39 is 0 Å². The lowest BCUT2D eigenvalue weighted by molar-refractivity contribution is -0.113. The smallest absolute Gasteiger partial charge is 0.298 e. The van der Waals surface area contributed by atoms with Crippen LogP contribution in [0.1, 0.15) is 16.7 Å². The van der Waals surface area contributed by atoms with Gasteiger partial charge in [0.15, 0.2) is 0 Å². The third-order valence-electron chi connectivity index (χ3n) is 4.65. The molecule has 0 aromatic heterocycles. The van der Waals surface area contributed by atoms with Crippen LogP contribution in [0.3, 0.4) is 0 Å². The number of aryl methyl sites for hydroxylation is 1. The van der Waals surface area contributed by atoms with Crippen LogP contribution in [-0.4, -0.2) is 11.1 Å². The van der Waals surface area contributed by atoms with Gasteiger partial charge in [0.05, 0.1) is 15.1 Å². The van der Waals surface area contributed by atoms with Crippen molar-refractivity contribution in [1.82, 2.24) is 0 Å². The number of rotatable bonds is 5. The fourth-order valence-electron chi connectivity index (χ4n) is 3.00. The quantitative estimate of drug-likeness (QED) is 0.337. The Labute approximate surface area is 198 Å². The van der Waals surface area contributed by atoms with Crippen molar-refractivity contribution in [3.05, 3.63) is 97.8 Å². The molecule has 0 radical (unpaired) electrons.